The van der Waals surface area contributed by atoms with E-state index in [4.69, 9.17) is 39.5 Å². The predicted molar refractivity (Wildman–Crippen MR) is 92.9 cm³/mol. The number of anilines is 1. The lowest BCUT2D eigenvalue weighted by Crippen LogP contribution is -2.17. The Kier molecular flexibility index (Phi) is 4.57. The highest BCUT2D eigenvalue weighted by Gasteiger charge is 2.12. The smallest absolute Gasteiger partial charge is 0.408 e. The first-order chi connectivity index (χ1) is 11.0. The van der Waals surface area contributed by atoms with E-state index in [-0.39, 0.29) is 10.0 Å². The summed E-state index contributed by atoms with van der Waals surface area (Å²) in [6, 6.07) is 11.9. The van der Waals surface area contributed by atoms with Gasteiger partial charge in [-0.05, 0) is 24.3 Å². The van der Waals surface area contributed by atoms with Crippen molar-refractivity contribution in [2.45, 2.75) is 0 Å². The highest BCUT2D eigenvalue weighted by atomic mass is 35.5. The van der Waals surface area contributed by atoms with E-state index < -0.39 is 6.09 Å². The first-order valence-corrected chi connectivity index (χ1v) is 7.65. The van der Waals surface area contributed by atoms with Gasteiger partial charge in [-0.1, -0.05) is 53.0 Å². The number of hydrogen-bond donors (Lipinski definition) is 1. The summed E-state index contributed by atoms with van der Waals surface area (Å²) in [7, 11) is 0. The number of hydrogen-bond acceptors (Lipinski definition) is 3. The molecule has 1 N–H and O–H groups in total. The maximum absolute atomic E-state index is 12.1. The number of pyridine rings is 1. The molecular weight excluding hydrogens is 359 g/mol. The van der Waals surface area contributed by atoms with Crippen LogP contribution in [0, 0.1) is 0 Å². The van der Waals surface area contributed by atoms with Crippen LogP contribution in [0.5, 0.6) is 5.75 Å². The summed E-state index contributed by atoms with van der Waals surface area (Å²) in [5.74, 6) is 0.344. The third-order valence-corrected chi connectivity index (χ3v) is 4.08. The van der Waals surface area contributed by atoms with Gasteiger partial charge >= 0.3 is 6.09 Å². The van der Waals surface area contributed by atoms with Gasteiger partial charge < -0.3 is 4.74 Å². The van der Waals surface area contributed by atoms with E-state index in [9.17, 15) is 4.79 Å². The highest BCUT2D eigenvalue weighted by molar-refractivity contribution is 6.44. The zero-order valence-electron chi connectivity index (χ0n) is 11.5. The molecule has 1 aromatic heterocycles. The number of rotatable bonds is 2. The number of aromatic nitrogens is 1. The Bertz CT molecular complexity index is 894. The van der Waals surface area contributed by atoms with Crippen molar-refractivity contribution in [2.24, 2.45) is 0 Å². The van der Waals surface area contributed by atoms with Crippen LogP contribution >= 0.6 is 34.8 Å². The second kappa shape index (κ2) is 6.62. The molecular formula is C16H9Cl3N2O2. The van der Waals surface area contributed by atoms with Crippen LogP contribution in [-0.2, 0) is 0 Å². The minimum atomic E-state index is -0.705. The zero-order chi connectivity index (χ0) is 16.4. The number of carbonyl (C=O) groups is 1. The van der Waals surface area contributed by atoms with E-state index in [1.165, 1.54) is 12.1 Å². The number of nitrogens with one attached hydrogen (secondary N) is 1. The fourth-order valence-corrected chi connectivity index (χ4v) is 2.61. The first kappa shape index (κ1) is 15.9. The van der Waals surface area contributed by atoms with Crippen LogP contribution in [0.4, 0.5) is 10.5 Å². The number of benzene rings is 2. The van der Waals surface area contributed by atoms with Crippen molar-refractivity contribution >= 4 is 57.5 Å². The molecule has 0 aliphatic rings. The Morgan fingerprint density at radius 1 is 1.00 bits per heavy atom. The van der Waals surface area contributed by atoms with Gasteiger partial charge in [0, 0.05) is 11.6 Å². The average Bonchev–Trinajstić information content (AvgIpc) is 2.53. The molecule has 2 aromatic carbocycles. The molecule has 7 heteroatoms. The molecule has 1 amide bonds. The second-order valence-electron chi connectivity index (χ2n) is 4.59. The first-order valence-electron chi connectivity index (χ1n) is 6.52. The van der Waals surface area contributed by atoms with Crippen molar-refractivity contribution < 1.29 is 9.53 Å². The quantitative estimate of drug-likeness (QED) is 0.582. The van der Waals surface area contributed by atoms with Crippen LogP contribution in [0.1, 0.15) is 0 Å². The molecule has 0 unspecified atom stereocenters. The largest absolute Gasteiger partial charge is 0.417 e. The standard InChI is InChI=1S/C16H9Cl3N2O2/c17-10-7-12(19)13(8-11(10)18)21-16(22)23-14-5-1-3-9-4-2-6-20-15(9)14/h1-8H,(H,21,22). The number of carbonyl (C=O) groups excluding carboxylic acids is 1. The van der Waals surface area contributed by atoms with Crippen molar-refractivity contribution in [1.29, 1.82) is 0 Å². The van der Waals surface area contributed by atoms with E-state index in [1.807, 2.05) is 18.2 Å². The third-order valence-electron chi connectivity index (χ3n) is 3.05. The van der Waals surface area contributed by atoms with Gasteiger partial charge in [-0.3, -0.25) is 10.3 Å². The average molecular weight is 368 g/mol. The third kappa shape index (κ3) is 3.50. The van der Waals surface area contributed by atoms with Crippen molar-refractivity contribution in [3.8, 4) is 5.75 Å². The number of fused-ring (bicyclic) bond motifs is 1. The summed E-state index contributed by atoms with van der Waals surface area (Å²) < 4.78 is 5.31. The molecule has 0 saturated heterocycles. The molecule has 3 rings (SSSR count). The summed E-state index contributed by atoms with van der Waals surface area (Å²) in [5, 5.41) is 4.23. The van der Waals surface area contributed by atoms with E-state index >= 15 is 0 Å². The monoisotopic (exact) mass is 366 g/mol. The Labute approximate surface area is 146 Å². The molecule has 0 aliphatic heterocycles. The Balaban J connectivity index is 1.83. The Morgan fingerprint density at radius 3 is 2.57 bits per heavy atom. The maximum atomic E-state index is 12.1. The van der Waals surface area contributed by atoms with Crippen molar-refractivity contribution in [3.05, 3.63) is 63.7 Å². The topological polar surface area (TPSA) is 51.2 Å². The molecule has 116 valence electrons. The lowest BCUT2D eigenvalue weighted by Gasteiger charge is -2.10. The van der Waals surface area contributed by atoms with E-state index in [0.717, 1.165) is 5.39 Å². The summed E-state index contributed by atoms with van der Waals surface area (Å²) in [5.41, 5.74) is 0.893. The molecule has 0 spiro atoms. The molecule has 0 atom stereocenters. The minimum absolute atomic E-state index is 0.257. The molecule has 0 bridgehead atoms. The Hall–Kier alpha value is -2.01. The number of nitrogens with zero attached hydrogens (tertiary/aromatic N) is 1. The molecule has 3 aromatic rings. The highest BCUT2D eigenvalue weighted by Crippen LogP contribution is 2.32. The van der Waals surface area contributed by atoms with E-state index in [2.05, 4.69) is 10.3 Å². The fourth-order valence-electron chi connectivity index (χ4n) is 2.01. The number of amides is 1. The predicted octanol–water partition coefficient (Wildman–Crippen LogP) is 5.81. The normalized spacial score (nSPS) is 10.6. The summed E-state index contributed by atoms with van der Waals surface area (Å²) in [6.45, 7) is 0. The number of ether oxygens (including phenoxy) is 1. The van der Waals surface area contributed by atoms with E-state index in [0.29, 0.717) is 22.0 Å². The maximum Gasteiger partial charge on any atom is 0.417 e. The molecule has 0 saturated carbocycles. The van der Waals surface area contributed by atoms with Gasteiger partial charge in [-0.2, -0.15) is 0 Å². The lowest BCUT2D eigenvalue weighted by atomic mass is 10.2. The van der Waals surface area contributed by atoms with Crippen LogP contribution in [0.15, 0.2) is 48.7 Å². The van der Waals surface area contributed by atoms with Crippen molar-refractivity contribution in [3.63, 3.8) is 0 Å². The molecule has 4 nitrogen and oxygen atoms in total. The zero-order valence-corrected chi connectivity index (χ0v) is 13.8. The van der Waals surface area contributed by atoms with Crippen molar-refractivity contribution in [1.82, 2.24) is 4.98 Å². The SMILES string of the molecule is O=C(Nc1cc(Cl)c(Cl)cc1Cl)Oc1cccc2cccnc12. The van der Waals surface area contributed by atoms with Gasteiger partial charge in [0.1, 0.15) is 5.52 Å². The van der Waals surface area contributed by atoms with Crippen molar-refractivity contribution in [2.75, 3.05) is 5.32 Å². The van der Waals surface area contributed by atoms with Gasteiger partial charge in [-0.25, -0.2) is 4.79 Å². The minimum Gasteiger partial charge on any atom is -0.408 e. The summed E-state index contributed by atoms with van der Waals surface area (Å²) in [6.07, 6.45) is 0.923. The molecule has 1 heterocycles. The van der Waals surface area contributed by atoms with E-state index in [1.54, 1.807) is 18.3 Å². The Morgan fingerprint density at radius 2 is 1.74 bits per heavy atom. The van der Waals surface area contributed by atoms with Crippen LogP contribution < -0.4 is 10.1 Å². The molecule has 0 radical (unpaired) electrons. The fraction of sp³-hybridized carbons (Fsp3) is 0. The molecule has 0 fully saturated rings. The van der Waals surface area contributed by atoms with Gasteiger partial charge in [0.25, 0.3) is 0 Å². The molecule has 23 heavy (non-hydrogen) atoms. The van der Waals surface area contributed by atoms with Crippen LogP contribution in [0.3, 0.4) is 0 Å². The van der Waals surface area contributed by atoms with Gasteiger partial charge in [-0.15, -0.1) is 0 Å². The lowest BCUT2D eigenvalue weighted by molar-refractivity contribution is 0.215. The number of para-hydroxylation sites is 1. The molecule has 0 aliphatic carbocycles. The summed E-state index contributed by atoms with van der Waals surface area (Å²) >= 11 is 17.8. The van der Waals surface area contributed by atoms with Crippen LogP contribution in [0.25, 0.3) is 10.9 Å². The van der Waals surface area contributed by atoms with Crippen LogP contribution in [-0.4, -0.2) is 11.1 Å². The summed E-state index contributed by atoms with van der Waals surface area (Å²) in [4.78, 5) is 16.3. The van der Waals surface area contributed by atoms with Gasteiger partial charge in [0.2, 0.25) is 0 Å². The van der Waals surface area contributed by atoms with Gasteiger partial charge in [0.05, 0.1) is 20.8 Å². The van der Waals surface area contributed by atoms with Gasteiger partial charge in [0.15, 0.2) is 5.75 Å². The number of halogens is 3. The second-order valence-corrected chi connectivity index (χ2v) is 5.81. The van der Waals surface area contributed by atoms with Crippen LogP contribution in [0.2, 0.25) is 15.1 Å².